The lowest BCUT2D eigenvalue weighted by Gasteiger charge is -2.13. The van der Waals surface area contributed by atoms with Crippen LogP contribution in [-0.4, -0.2) is 33.1 Å². The van der Waals surface area contributed by atoms with Gasteiger partial charge in [-0.15, -0.1) is 0 Å². The third kappa shape index (κ3) is 7.98. The number of H-pyrrole nitrogens is 1. The minimum Gasteiger partial charge on any atom is -0.370 e. The lowest BCUT2D eigenvalue weighted by atomic mass is 9.99. The number of hydrogen-bond acceptors (Lipinski definition) is 5. The number of aromatic amines is 1. The Morgan fingerprint density at radius 3 is 2.48 bits per heavy atom. The van der Waals surface area contributed by atoms with Gasteiger partial charge in [-0.2, -0.15) is 18.2 Å². The number of nitrogens with two attached hydrogens (primary N) is 3. The van der Waals surface area contributed by atoms with Gasteiger partial charge in [0.25, 0.3) is 0 Å². The number of nitrogens with one attached hydrogen (secondary N) is 3. The van der Waals surface area contributed by atoms with Crippen LogP contribution in [0, 0.1) is 5.41 Å². The summed E-state index contributed by atoms with van der Waals surface area (Å²) >= 11 is 0. The van der Waals surface area contributed by atoms with Crippen LogP contribution in [0.25, 0.3) is 28.0 Å². The Morgan fingerprint density at radius 1 is 1.07 bits per heavy atom. The minimum absolute atomic E-state index is 0.0249. The summed E-state index contributed by atoms with van der Waals surface area (Å²) < 4.78 is 42.5. The van der Waals surface area contributed by atoms with E-state index in [1.807, 2.05) is 19.1 Å². The molecule has 9 N–H and O–H groups in total. The Kier molecular flexibility index (Phi) is 9.69. The highest BCUT2D eigenvalue weighted by Crippen LogP contribution is 2.34. The number of rotatable bonds is 12. The van der Waals surface area contributed by atoms with Crippen LogP contribution in [-0.2, 0) is 12.6 Å². The van der Waals surface area contributed by atoms with Crippen LogP contribution < -0.4 is 28.2 Å². The monoisotopic (exact) mass is 582 g/mol. The van der Waals surface area contributed by atoms with Gasteiger partial charge in [-0.05, 0) is 98.5 Å². The predicted molar refractivity (Wildman–Crippen MR) is 159 cm³/mol. The first-order valence-electron chi connectivity index (χ1n) is 13.9. The third-order valence-electron chi connectivity index (χ3n) is 7.12. The number of guanidine groups is 1. The average Bonchev–Trinajstić information content (AvgIpc) is 3.34. The molecule has 42 heavy (non-hydrogen) atoms. The molecule has 0 saturated heterocycles. The van der Waals surface area contributed by atoms with Gasteiger partial charge in [-0.25, -0.2) is 4.79 Å². The molecule has 2 atom stereocenters. The summed E-state index contributed by atoms with van der Waals surface area (Å²) in [6, 6.07) is 12.8. The van der Waals surface area contributed by atoms with E-state index in [9.17, 15) is 18.0 Å². The fourth-order valence-electron chi connectivity index (χ4n) is 4.88. The van der Waals surface area contributed by atoms with Gasteiger partial charge in [-0.1, -0.05) is 12.1 Å². The van der Waals surface area contributed by atoms with Gasteiger partial charge >= 0.3 is 11.9 Å². The fourth-order valence-corrected chi connectivity index (χ4v) is 4.88. The summed E-state index contributed by atoms with van der Waals surface area (Å²) in [6.07, 6.45) is 1.43. The molecule has 0 saturated carbocycles. The Hall–Kier alpha value is -4.16. The number of aromatic nitrogens is 3. The molecule has 0 bridgehead atoms. The van der Waals surface area contributed by atoms with Gasteiger partial charge in [0.15, 0.2) is 5.96 Å². The van der Waals surface area contributed by atoms with Crippen molar-refractivity contribution in [2.24, 2.45) is 17.2 Å². The van der Waals surface area contributed by atoms with E-state index < -0.39 is 17.4 Å². The Morgan fingerprint density at radius 2 is 1.81 bits per heavy atom. The molecule has 2 aromatic carbocycles. The van der Waals surface area contributed by atoms with Crippen molar-refractivity contribution in [2.45, 2.75) is 63.7 Å². The van der Waals surface area contributed by atoms with E-state index in [2.05, 4.69) is 15.3 Å². The van der Waals surface area contributed by atoms with Crippen LogP contribution in [0.15, 0.2) is 59.5 Å². The first-order valence-corrected chi connectivity index (χ1v) is 13.9. The maximum absolute atomic E-state index is 13.7. The topological polar surface area (TPSA) is 165 Å². The predicted octanol–water partition coefficient (Wildman–Crippen LogP) is 4.72. The lowest BCUT2D eigenvalue weighted by Crippen LogP contribution is -2.30. The van der Waals surface area contributed by atoms with Crippen molar-refractivity contribution in [3.05, 3.63) is 81.9 Å². The maximum Gasteiger partial charge on any atom is 0.416 e. The molecule has 0 fully saturated rings. The van der Waals surface area contributed by atoms with Crippen LogP contribution in [0.1, 0.15) is 61.8 Å². The van der Waals surface area contributed by atoms with Crippen LogP contribution in [0.5, 0.6) is 0 Å². The zero-order chi connectivity index (χ0) is 30.4. The first kappa shape index (κ1) is 30.8. The molecule has 9 nitrogen and oxygen atoms in total. The standard InChI is InChI=1S/C30H37F3N8O/c1-18(34)5-4-6-19-13-21(15-23(14-19)30(31,32)33)26-16-22-17-41(29(42)40-27(22)39-26)24-10-8-20(9-11-24)25(35)7-2-3-12-38-28(36)37/h8-11,13-18,25H,2-7,12,34-35H2,1H3,(H4,36,37,38)(H,39,40,42)/t18-,25+/m0/s1. The average molecular weight is 583 g/mol. The fraction of sp³-hybridized carbons (Fsp3) is 0.367. The van der Waals surface area contributed by atoms with E-state index in [-0.39, 0.29) is 18.0 Å². The van der Waals surface area contributed by atoms with Gasteiger partial charge in [0.2, 0.25) is 0 Å². The maximum atomic E-state index is 13.7. The summed E-state index contributed by atoms with van der Waals surface area (Å²) in [5.74, 6) is -0.0535. The van der Waals surface area contributed by atoms with Crippen molar-refractivity contribution in [1.82, 2.24) is 19.9 Å². The van der Waals surface area contributed by atoms with Gasteiger partial charge < -0.3 is 27.5 Å². The highest BCUT2D eigenvalue weighted by Gasteiger charge is 2.31. The van der Waals surface area contributed by atoms with Crippen LogP contribution in [0.4, 0.5) is 13.2 Å². The van der Waals surface area contributed by atoms with E-state index >= 15 is 0 Å². The first-order chi connectivity index (χ1) is 19.9. The van der Waals surface area contributed by atoms with Crippen LogP contribution in [0.3, 0.4) is 0 Å². The zero-order valence-electron chi connectivity index (χ0n) is 23.5. The Balaban J connectivity index is 1.55. The van der Waals surface area contributed by atoms with E-state index in [1.54, 1.807) is 30.5 Å². The quantitative estimate of drug-likeness (QED) is 0.0804. The molecule has 4 aromatic rings. The van der Waals surface area contributed by atoms with E-state index in [1.165, 1.54) is 10.6 Å². The van der Waals surface area contributed by atoms with Crippen molar-refractivity contribution < 1.29 is 13.2 Å². The van der Waals surface area contributed by atoms with Crippen LogP contribution >= 0.6 is 0 Å². The number of nitrogens with zero attached hydrogens (tertiary/aromatic N) is 2. The molecule has 4 rings (SSSR count). The second-order valence-corrected chi connectivity index (χ2v) is 10.7. The molecule has 2 heterocycles. The molecule has 0 aliphatic carbocycles. The van der Waals surface area contributed by atoms with E-state index in [4.69, 9.17) is 22.6 Å². The minimum atomic E-state index is -4.50. The van der Waals surface area contributed by atoms with Gasteiger partial charge in [-0.3, -0.25) is 9.98 Å². The second kappa shape index (κ2) is 13.2. The number of benzene rings is 2. The molecule has 12 heteroatoms. The Bertz CT molecular complexity index is 1570. The highest BCUT2D eigenvalue weighted by atomic mass is 19.4. The molecule has 2 aromatic heterocycles. The summed E-state index contributed by atoms with van der Waals surface area (Å²) in [5, 5.41) is 10.5. The molecule has 0 amide bonds. The van der Waals surface area contributed by atoms with Gasteiger partial charge in [0.1, 0.15) is 5.65 Å². The number of aryl methyl sites for hydroxylation is 1. The SMILES string of the molecule is C[C@H](N)CCCc1cc(-c2cc3cn(-c4ccc([C@H](N)CCCCNC(=N)N)cc4)c(=O)nc3[nH]2)cc(C(F)(F)F)c1. The molecule has 0 radical (unpaired) electrons. The normalized spacial score (nSPS) is 13.3. The van der Waals surface area contributed by atoms with E-state index in [0.29, 0.717) is 59.3 Å². The van der Waals surface area contributed by atoms with Crippen molar-refractivity contribution in [3.8, 4) is 16.9 Å². The molecule has 0 spiro atoms. The second-order valence-electron chi connectivity index (χ2n) is 10.7. The number of halogens is 3. The molecule has 0 unspecified atom stereocenters. The number of unbranched alkanes of at least 4 members (excludes halogenated alkanes) is 1. The largest absolute Gasteiger partial charge is 0.416 e. The molecule has 0 aliphatic rings. The number of alkyl halides is 3. The van der Waals surface area contributed by atoms with Gasteiger partial charge in [0, 0.05) is 35.9 Å². The number of fused-ring (bicyclic) bond motifs is 1. The van der Waals surface area contributed by atoms with Crippen molar-refractivity contribution in [3.63, 3.8) is 0 Å². The highest BCUT2D eigenvalue weighted by molar-refractivity contribution is 5.82. The summed E-state index contributed by atoms with van der Waals surface area (Å²) in [6.45, 7) is 2.48. The zero-order valence-corrected chi connectivity index (χ0v) is 23.5. The summed E-state index contributed by atoms with van der Waals surface area (Å²) in [7, 11) is 0. The molecule has 224 valence electrons. The van der Waals surface area contributed by atoms with Crippen LogP contribution in [0.2, 0.25) is 0 Å². The van der Waals surface area contributed by atoms with E-state index in [0.717, 1.165) is 30.9 Å². The molecule has 0 aliphatic heterocycles. The van der Waals surface area contributed by atoms with Crippen molar-refractivity contribution >= 4 is 17.0 Å². The number of hydrogen-bond donors (Lipinski definition) is 6. The smallest absolute Gasteiger partial charge is 0.370 e. The Labute approximate surface area is 241 Å². The molecular weight excluding hydrogens is 545 g/mol. The van der Waals surface area contributed by atoms with Crippen molar-refractivity contribution in [1.29, 1.82) is 5.41 Å². The lowest BCUT2D eigenvalue weighted by molar-refractivity contribution is -0.137. The third-order valence-corrected chi connectivity index (χ3v) is 7.12. The van der Waals surface area contributed by atoms with Gasteiger partial charge in [0.05, 0.1) is 11.3 Å². The summed E-state index contributed by atoms with van der Waals surface area (Å²) in [4.78, 5) is 20.0. The van der Waals surface area contributed by atoms with Crippen molar-refractivity contribution in [2.75, 3.05) is 6.54 Å². The summed E-state index contributed by atoms with van der Waals surface area (Å²) in [5.41, 5.74) is 19.3. The molecular formula is C30H37F3N8O.